The van der Waals surface area contributed by atoms with Gasteiger partial charge in [0.1, 0.15) is 0 Å². The van der Waals surface area contributed by atoms with Crippen molar-refractivity contribution in [1.82, 2.24) is 4.90 Å². The molecule has 0 radical (unpaired) electrons. The van der Waals surface area contributed by atoms with Crippen LogP contribution in [0.1, 0.15) is 31.2 Å². The lowest BCUT2D eigenvalue weighted by molar-refractivity contribution is 0.0455. The van der Waals surface area contributed by atoms with Crippen LogP contribution in [0.15, 0.2) is 18.2 Å². The molecule has 124 valence electrons. The molecule has 0 heterocycles. The van der Waals surface area contributed by atoms with Gasteiger partial charge in [0.15, 0.2) is 0 Å². The molecule has 1 N–H and O–H groups in total. The van der Waals surface area contributed by atoms with Crippen LogP contribution in [0.25, 0.3) is 0 Å². The summed E-state index contributed by atoms with van der Waals surface area (Å²) in [6.07, 6.45) is 3.92. The molecule has 5 heteroatoms. The highest BCUT2D eigenvalue weighted by molar-refractivity contribution is 7.99. The number of hydrogen-bond acceptors (Lipinski definition) is 3. The van der Waals surface area contributed by atoms with Crippen LogP contribution in [-0.4, -0.2) is 48.3 Å². The van der Waals surface area contributed by atoms with Crippen molar-refractivity contribution in [3.05, 3.63) is 33.8 Å². The topological polar surface area (TPSA) is 23.5 Å². The molecule has 1 fully saturated rings. The lowest BCUT2D eigenvalue weighted by Crippen LogP contribution is -2.47. The molecular weight excluding hydrogens is 337 g/mol. The molecule has 22 heavy (non-hydrogen) atoms. The van der Waals surface area contributed by atoms with E-state index >= 15 is 0 Å². The van der Waals surface area contributed by atoms with E-state index in [2.05, 4.69) is 19.0 Å². The fourth-order valence-corrected chi connectivity index (χ4v) is 4.60. The van der Waals surface area contributed by atoms with Crippen LogP contribution in [0.2, 0.25) is 10.0 Å². The van der Waals surface area contributed by atoms with Crippen molar-refractivity contribution in [2.75, 3.05) is 32.1 Å². The normalized spacial score (nSPS) is 18.3. The number of thioether (sulfide) groups is 1. The van der Waals surface area contributed by atoms with Gasteiger partial charge in [-0.1, -0.05) is 41.8 Å². The fraction of sp³-hybridized carbons (Fsp3) is 0.647. The Balaban J connectivity index is 1.96. The summed E-state index contributed by atoms with van der Waals surface area (Å²) < 4.78 is 0. The average Bonchev–Trinajstić information content (AvgIpc) is 2.41. The van der Waals surface area contributed by atoms with Gasteiger partial charge in [0.25, 0.3) is 0 Å². The summed E-state index contributed by atoms with van der Waals surface area (Å²) in [5.74, 6) is 1.84. The van der Waals surface area contributed by atoms with Crippen molar-refractivity contribution in [2.24, 2.45) is 0 Å². The summed E-state index contributed by atoms with van der Waals surface area (Å²) >= 11 is 14.4. The third-order valence-corrected chi connectivity index (χ3v) is 6.49. The van der Waals surface area contributed by atoms with E-state index in [0.29, 0.717) is 10.0 Å². The van der Waals surface area contributed by atoms with E-state index < -0.39 is 0 Å². The summed E-state index contributed by atoms with van der Waals surface area (Å²) in [5, 5.41) is 12.0. The molecule has 1 aliphatic carbocycles. The third kappa shape index (κ3) is 4.12. The maximum absolute atomic E-state index is 10.8. The molecule has 1 aliphatic rings. The Hall–Kier alpha value is 0.0700. The highest BCUT2D eigenvalue weighted by Gasteiger charge is 2.46. The Morgan fingerprint density at radius 1 is 1.32 bits per heavy atom. The number of aliphatic hydroxyl groups is 1. The maximum Gasteiger partial charge on any atom is 0.0727 e. The highest BCUT2D eigenvalue weighted by Crippen LogP contribution is 2.50. The van der Waals surface area contributed by atoms with Gasteiger partial charge in [-0.25, -0.2) is 0 Å². The SMILES string of the molecule is CN(C)CCCSCC(O)C1(c2cccc(Cl)c2Cl)CCC1. The minimum Gasteiger partial charge on any atom is -0.391 e. The van der Waals surface area contributed by atoms with Crippen molar-refractivity contribution < 1.29 is 5.11 Å². The molecule has 1 aromatic carbocycles. The Labute approximate surface area is 148 Å². The number of hydrogen-bond donors (Lipinski definition) is 1. The number of rotatable bonds is 8. The molecular formula is C17H25Cl2NOS. The van der Waals surface area contributed by atoms with Crippen molar-refractivity contribution in [2.45, 2.75) is 37.2 Å². The molecule has 0 aliphatic heterocycles. The Morgan fingerprint density at radius 2 is 2.05 bits per heavy atom. The molecule has 1 aromatic rings. The van der Waals surface area contributed by atoms with Crippen molar-refractivity contribution in [3.8, 4) is 0 Å². The van der Waals surface area contributed by atoms with E-state index in [4.69, 9.17) is 23.2 Å². The molecule has 0 amide bonds. The first kappa shape index (κ1) is 18.4. The van der Waals surface area contributed by atoms with E-state index in [0.717, 1.165) is 49.3 Å². The zero-order valence-electron chi connectivity index (χ0n) is 13.3. The summed E-state index contributed by atoms with van der Waals surface area (Å²) in [4.78, 5) is 2.19. The fourth-order valence-electron chi connectivity index (χ4n) is 3.07. The van der Waals surface area contributed by atoms with Gasteiger partial charge in [0.2, 0.25) is 0 Å². The maximum atomic E-state index is 10.8. The van der Waals surface area contributed by atoms with Gasteiger partial charge in [0, 0.05) is 11.2 Å². The average molecular weight is 362 g/mol. The first-order valence-electron chi connectivity index (χ1n) is 7.82. The van der Waals surface area contributed by atoms with Gasteiger partial charge in [-0.3, -0.25) is 0 Å². The Kier molecular flexibility index (Phi) is 6.91. The van der Waals surface area contributed by atoms with Gasteiger partial charge in [0.05, 0.1) is 16.1 Å². The number of halogens is 2. The van der Waals surface area contributed by atoms with Crippen LogP contribution in [0, 0.1) is 0 Å². The molecule has 0 spiro atoms. The van der Waals surface area contributed by atoms with Crippen LogP contribution >= 0.6 is 35.0 Å². The van der Waals surface area contributed by atoms with Crippen molar-refractivity contribution >= 4 is 35.0 Å². The number of nitrogens with zero attached hydrogens (tertiary/aromatic N) is 1. The summed E-state index contributed by atoms with van der Waals surface area (Å²) in [6.45, 7) is 1.09. The second-order valence-corrected chi connectivity index (χ2v) is 8.29. The molecule has 1 saturated carbocycles. The predicted octanol–water partition coefficient (Wildman–Crippen LogP) is 4.46. The molecule has 1 unspecified atom stereocenters. The van der Waals surface area contributed by atoms with Crippen LogP contribution in [-0.2, 0) is 5.41 Å². The largest absolute Gasteiger partial charge is 0.391 e. The smallest absolute Gasteiger partial charge is 0.0727 e. The van der Waals surface area contributed by atoms with Gasteiger partial charge < -0.3 is 10.0 Å². The van der Waals surface area contributed by atoms with Crippen molar-refractivity contribution in [3.63, 3.8) is 0 Å². The van der Waals surface area contributed by atoms with Gasteiger partial charge in [-0.2, -0.15) is 11.8 Å². The lowest BCUT2D eigenvalue weighted by Gasteiger charge is -2.46. The van der Waals surface area contributed by atoms with E-state index in [1.165, 1.54) is 0 Å². The van der Waals surface area contributed by atoms with E-state index in [9.17, 15) is 5.11 Å². The minimum absolute atomic E-state index is 0.198. The summed E-state index contributed by atoms with van der Waals surface area (Å²) in [5.41, 5.74) is 0.825. The first-order chi connectivity index (χ1) is 10.5. The molecule has 0 aromatic heterocycles. The quantitative estimate of drug-likeness (QED) is 0.691. The van der Waals surface area contributed by atoms with Crippen LogP contribution in [0.5, 0.6) is 0 Å². The molecule has 1 atom stereocenters. The van der Waals surface area contributed by atoms with E-state index in [-0.39, 0.29) is 11.5 Å². The molecule has 2 rings (SSSR count). The first-order valence-corrected chi connectivity index (χ1v) is 9.73. The standard InChI is InChI=1S/C17H25Cl2NOS/c1-20(2)10-5-11-22-12-15(21)17(8-4-9-17)13-6-3-7-14(18)16(13)19/h3,6-7,15,21H,4-5,8-12H2,1-2H3. The third-order valence-electron chi connectivity index (χ3n) is 4.54. The second-order valence-electron chi connectivity index (χ2n) is 6.36. The zero-order chi connectivity index (χ0) is 16.2. The lowest BCUT2D eigenvalue weighted by atomic mass is 9.61. The summed E-state index contributed by atoms with van der Waals surface area (Å²) in [6, 6.07) is 5.76. The Bertz CT molecular complexity index is 492. The molecule has 0 bridgehead atoms. The van der Waals surface area contributed by atoms with Gasteiger partial charge in [-0.05, 0) is 57.3 Å². The van der Waals surface area contributed by atoms with E-state index in [1.54, 1.807) is 0 Å². The summed E-state index contributed by atoms with van der Waals surface area (Å²) in [7, 11) is 4.17. The van der Waals surface area contributed by atoms with E-state index in [1.807, 2.05) is 30.0 Å². The second kappa shape index (κ2) is 8.25. The van der Waals surface area contributed by atoms with Gasteiger partial charge >= 0.3 is 0 Å². The molecule has 2 nitrogen and oxygen atoms in total. The van der Waals surface area contributed by atoms with Crippen LogP contribution in [0.4, 0.5) is 0 Å². The van der Waals surface area contributed by atoms with Crippen LogP contribution < -0.4 is 0 Å². The zero-order valence-corrected chi connectivity index (χ0v) is 15.6. The Morgan fingerprint density at radius 3 is 2.64 bits per heavy atom. The van der Waals surface area contributed by atoms with Gasteiger partial charge in [-0.15, -0.1) is 0 Å². The molecule has 0 saturated heterocycles. The van der Waals surface area contributed by atoms with Crippen molar-refractivity contribution in [1.29, 1.82) is 0 Å². The minimum atomic E-state index is -0.360. The monoisotopic (exact) mass is 361 g/mol. The highest BCUT2D eigenvalue weighted by atomic mass is 35.5. The number of aliphatic hydroxyl groups excluding tert-OH is 1. The number of benzene rings is 1. The predicted molar refractivity (Wildman–Crippen MR) is 98.5 cm³/mol. The van der Waals surface area contributed by atoms with Crippen LogP contribution in [0.3, 0.4) is 0 Å².